The zero-order valence-corrected chi connectivity index (χ0v) is 18.2. The van der Waals surface area contributed by atoms with E-state index in [9.17, 15) is 14.4 Å². The van der Waals surface area contributed by atoms with Gasteiger partial charge in [0.1, 0.15) is 11.8 Å². The van der Waals surface area contributed by atoms with E-state index in [0.29, 0.717) is 21.9 Å². The van der Waals surface area contributed by atoms with Crippen molar-refractivity contribution in [1.29, 1.82) is 0 Å². The van der Waals surface area contributed by atoms with Gasteiger partial charge >= 0.3 is 5.97 Å². The van der Waals surface area contributed by atoms with Crippen LogP contribution in [-0.4, -0.2) is 37.4 Å². The first-order valence-electron chi connectivity index (χ1n) is 9.90. The Kier molecular flexibility index (Phi) is 8.00. The van der Waals surface area contributed by atoms with E-state index in [1.165, 1.54) is 7.11 Å². The zero-order chi connectivity index (χ0) is 22.9. The highest BCUT2D eigenvalue weighted by molar-refractivity contribution is 6.30. The molecule has 1 N–H and O–H groups in total. The smallest absolute Gasteiger partial charge is 0.329 e. The molecule has 1 amide bonds. The monoisotopic (exact) mass is 451 g/mol. The molecule has 164 valence electrons. The molecule has 0 fully saturated rings. The number of hydrogen-bond donors (Lipinski definition) is 1. The van der Waals surface area contributed by atoms with Gasteiger partial charge in [-0.15, -0.1) is 0 Å². The van der Waals surface area contributed by atoms with E-state index in [-0.39, 0.29) is 12.2 Å². The number of nitrogens with one attached hydrogen (secondary N) is 1. The number of carbonyl (C=O) groups excluding carboxylic acids is 3. The van der Waals surface area contributed by atoms with E-state index in [1.54, 1.807) is 48.5 Å². The molecular weight excluding hydrogens is 430 g/mol. The summed E-state index contributed by atoms with van der Waals surface area (Å²) < 4.78 is 10.3. The number of esters is 1. The third-order valence-electron chi connectivity index (χ3n) is 4.74. The van der Waals surface area contributed by atoms with E-state index in [1.807, 2.05) is 30.3 Å². The molecule has 0 saturated heterocycles. The molecule has 0 radical (unpaired) electrons. The van der Waals surface area contributed by atoms with Crippen molar-refractivity contribution in [2.75, 3.05) is 13.7 Å². The lowest BCUT2D eigenvalue weighted by molar-refractivity contribution is -0.144. The van der Waals surface area contributed by atoms with Gasteiger partial charge in [0.2, 0.25) is 0 Å². The van der Waals surface area contributed by atoms with Gasteiger partial charge in [-0.3, -0.25) is 9.59 Å². The molecule has 0 aliphatic heterocycles. The van der Waals surface area contributed by atoms with Gasteiger partial charge in [0.15, 0.2) is 12.4 Å². The van der Waals surface area contributed by atoms with E-state index in [4.69, 9.17) is 21.1 Å². The first-order valence-corrected chi connectivity index (χ1v) is 10.3. The maximum atomic E-state index is 12.8. The number of hydrogen-bond acceptors (Lipinski definition) is 5. The van der Waals surface area contributed by atoms with Gasteiger partial charge in [-0.2, -0.15) is 0 Å². The van der Waals surface area contributed by atoms with E-state index < -0.39 is 24.5 Å². The van der Waals surface area contributed by atoms with Crippen LogP contribution in [0.2, 0.25) is 5.02 Å². The lowest BCUT2D eigenvalue weighted by Crippen LogP contribution is -2.43. The third kappa shape index (κ3) is 6.43. The largest absolute Gasteiger partial charge is 0.497 e. The summed E-state index contributed by atoms with van der Waals surface area (Å²) in [6.07, 6.45) is 0.218. The highest BCUT2D eigenvalue weighted by Gasteiger charge is 2.24. The number of methoxy groups -OCH3 is 1. The van der Waals surface area contributed by atoms with E-state index >= 15 is 0 Å². The normalized spacial score (nSPS) is 11.3. The molecule has 7 heteroatoms. The van der Waals surface area contributed by atoms with E-state index in [0.717, 1.165) is 5.56 Å². The summed E-state index contributed by atoms with van der Waals surface area (Å²) in [6.45, 7) is -0.437. The quantitative estimate of drug-likeness (QED) is 0.391. The SMILES string of the molecule is COc1ccc(C(=O)COC(=O)C(Cc2ccccc2)NC(=O)c2ccc(Cl)cc2)cc1. The minimum absolute atomic E-state index is 0.218. The van der Waals surface area contributed by atoms with Gasteiger partial charge in [-0.05, 0) is 54.1 Å². The number of amides is 1. The average molecular weight is 452 g/mol. The van der Waals surface area contributed by atoms with Crippen LogP contribution < -0.4 is 10.1 Å². The number of ketones is 1. The predicted molar refractivity (Wildman–Crippen MR) is 121 cm³/mol. The molecule has 0 saturated carbocycles. The minimum Gasteiger partial charge on any atom is -0.497 e. The number of halogens is 1. The molecule has 3 rings (SSSR count). The molecule has 0 aliphatic carbocycles. The van der Waals surface area contributed by atoms with Gasteiger partial charge < -0.3 is 14.8 Å². The highest BCUT2D eigenvalue weighted by atomic mass is 35.5. The Balaban J connectivity index is 1.68. The number of ether oxygens (including phenoxy) is 2. The van der Waals surface area contributed by atoms with Crippen molar-refractivity contribution < 1.29 is 23.9 Å². The Hall–Kier alpha value is -3.64. The lowest BCUT2D eigenvalue weighted by Gasteiger charge is -2.18. The van der Waals surface area contributed by atoms with Crippen molar-refractivity contribution in [2.24, 2.45) is 0 Å². The molecule has 32 heavy (non-hydrogen) atoms. The molecule has 6 nitrogen and oxygen atoms in total. The Morgan fingerprint density at radius 2 is 1.50 bits per heavy atom. The van der Waals surface area contributed by atoms with Crippen molar-refractivity contribution in [3.63, 3.8) is 0 Å². The summed E-state index contributed by atoms with van der Waals surface area (Å²) in [4.78, 5) is 37.8. The Morgan fingerprint density at radius 1 is 0.875 bits per heavy atom. The molecular formula is C25H22ClNO5. The van der Waals surface area contributed by atoms with Crippen LogP contribution in [0.25, 0.3) is 0 Å². The van der Waals surface area contributed by atoms with Crippen molar-refractivity contribution in [3.8, 4) is 5.75 Å². The number of Topliss-reactive ketones (excluding diaryl/α,β-unsaturated/α-hetero) is 1. The highest BCUT2D eigenvalue weighted by Crippen LogP contribution is 2.13. The Bertz CT molecular complexity index is 1070. The average Bonchev–Trinajstić information content (AvgIpc) is 2.83. The van der Waals surface area contributed by atoms with Crippen LogP contribution in [0.15, 0.2) is 78.9 Å². The van der Waals surface area contributed by atoms with Crippen LogP contribution in [-0.2, 0) is 16.0 Å². The second kappa shape index (κ2) is 11.1. The molecule has 0 spiro atoms. The van der Waals surface area contributed by atoms with Crippen LogP contribution in [0, 0.1) is 0 Å². The van der Waals surface area contributed by atoms with Crippen molar-refractivity contribution in [1.82, 2.24) is 5.32 Å². The second-order valence-corrected chi connectivity index (χ2v) is 7.42. The van der Waals surface area contributed by atoms with Gasteiger partial charge in [0.25, 0.3) is 5.91 Å². The first kappa shape index (κ1) is 23.0. The predicted octanol–water partition coefficient (Wildman–Crippen LogP) is 4.12. The van der Waals surface area contributed by atoms with Crippen LogP contribution >= 0.6 is 11.6 Å². The summed E-state index contributed by atoms with van der Waals surface area (Å²) in [5, 5.41) is 3.19. The molecule has 0 aromatic heterocycles. The molecule has 0 heterocycles. The first-order chi connectivity index (χ1) is 15.5. The van der Waals surface area contributed by atoms with Gasteiger partial charge in [0.05, 0.1) is 7.11 Å². The lowest BCUT2D eigenvalue weighted by atomic mass is 10.1. The number of carbonyl (C=O) groups is 3. The minimum atomic E-state index is -0.968. The summed E-state index contributed by atoms with van der Waals surface area (Å²) in [7, 11) is 1.53. The van der Waals surface area contributed by atoms with Crippen molar-refractivity contribution in [2.45, 2.75) is 12.5 Å². The van der Waals surface area contributed by atoms with E-state index in [2.05, 4.69) is 5.32 Å². The molecule has 1 atom stereocenters. The van der Waals surface area contributed by atoms with Gasteiger partial charge in [0, 0.05) is 22.6 Å². The Labute approximate surface area is 191 Å². The number of benzene rings is 3. The van der Waals surface area contributed by atoms with Gasteiger partial charge in [-0.1, -0.05) is 41.9 Å². The van der Waals surface area contributed by atoms with Crippen LogP contribution in [0.3, 0.4) is 0 Å². The topological polar surface area (TPSA) is 81.7 Å². The Morgan fingerprint density at radius 3 is 2.12 bits per heavy atom. The fourth-order valence-corrected chi connectivity index (χ4v) is 3.11. The molecule has 0 aliphatic rings. The standard InChI is InChI=1S/C25H22ClNO5/c1-31-21-13-9-18(10-14-21)23(28)16-32-25(30)22(15-17-5-3-2-4-6-17)27-24(29)19-7-11-20(26)12-8-19/h2-14,22H,15-16H2,1H3,(H,27,29). The molecule has 3 aromatic carbocycles. The van der Waals surface area contributed by atoms with Crippen LogP contribution in [0.4, 0.5) is 0 Å². The summed E-state index contributed by atoms with van der Waals surface area (Å²) in [6, 6.07) is 21.1. The third-order valence-corrected chi connectivity index (χ3v) is 4.99. The summed E-state index contributed by atoms with van der Waals surface area (Å²) in [5.74, 6) is -0.881. The van der Waals surface area contributed by atoms with Gasteiger partial charge in [-0.25, -0.2) is 4.79 Å². The van der Waals surface area contributed by atoms with Crippen molar-refractivity contribution in [3.05, 3.63) is 101 Å². The second-order valence-electron chi connectivity index (χ2n) is 6.98. The zero-order valence-electron chi connectivity index (χ0n) is 17.4. The maximum absolute atomic E-state index is 12.8. The van der Waals surface area contributed by atoms with Crippen LogP contribution in [0.1, 0.15) is 26.3 Å². The molecule has 1 unspecified atom stereocenters. The van der Waals surface area contributed by atoms with Crippen molar-refractivity contribution >= 4 is 29.3 Å². The van der Waals surface area contributed by atoms with Crippen LogP contribution in [0.5, 0.6) is 5.75 Å². The fourth-order valence-electron chi connectivity index (χ4n) is 2.98. The summed E-state index contributed by atoms with van der Waals surface area (Å²) in [5.41, 5.74) is 1.59. The number of rotatable bonds is 9. The maximum Gasteiger partial charge on any atom is 0.329 e. The summed E-state index contributed by atoms with van der Waals surface area (Å²) >= 11 is 5.87. The molecule has 3 aromatic rings. The molecule has 0 bridgehead atoms. The fraction of sp³-hybridized carbons (Fsp3) is 0.160.